The summed E-state index contributed by atoms with van der Waals surface area (Å²) in [5.41, 5.74) is 14.5. The summed E-state index contributed by atoms with van der Waals surface area (Å²) in [6.45, 7) is 0. The molecule has 1 nitrogen and oxygen atoms in total. The van der Waals surface area contributed by atoms with Gasteiger partial charge in [0.15, 0.2) is 0 Å². The topological polar surface area (TPSA) is 13.1 Å². The van der Waals surface area contributed by atoms with E-state index in [1.807, 2.05) is 0 Å². The summed E-state index contributed by atoms with van der Waals surface area (Å²) in [6, 6.07) is 63.0. The highest BCUT2D eigenvalue weighted by Gasteiger charge is 2.49. The monoisotopic (exact) mass is 632 g/mol. The second-order valence-corrected chi connectivity index (χ2v) is 13.9. The fourth-order valence-corrected chi connectivity index (χ4v) is 9.81. The molecule has 2 aliphatic rings. The van der Waals surface area contributed by atoms with Gasteiger partial charge in [0.25, 0.3) is 0 Å². The summed E-state index contributed by atoms with van der Waals surface area (Å²) in [4.78, 5) is 0. The molecular weight excluding hydrogens is 605 g/mol. The van der Waals surface area contributed by atoms with Crippen LogP contribution in [0.3, 0.4) is 0 Å². The lowest BCUT2D eigenvalue weighted by Crippen LogP contribution is -2.31. The lowest BCUT2D eigenvalue weighted by molar-refractivity contribution is 0.669. The molecule has 12 rings (SSSR count). The van der Waals surface area contributed by atoms with E-state index in [1.165, 1.54) is 98.7 Å². The van der Waals surface area contributed by atoms with Crippen LogP contribution in [0.4, 0.5) is 0 Å². The number of furan rings is 1. The van der Waals surface area contributed by atoms with Gasteiger partial charge in [0, 0.05) is 10.8 Å². The SMILES string of the molecule is c1ccc2c(c1)-c1ccccc1C21c2ccccc2-c2ccc(-c3cc4oc5ccc6ccccc6c5c4c4ccccc34)c3cccc1c23. The van der Waals surface area contributed by atoms with Crippen molar-refractivity contribution in [2.24, 2.45) is 0 Å². The van der Waals surface area contributed by atoms with Gasteiger partial charge in [-0.2, -0.15) is 0 Å². The Balaban J connectivity index is 1.22. The molecular formula is C49H28O. The maximum absolute atomic E-state index is 6.72. The molecule has 0 fully saturated rings. The predicted molar refractivity (Wildman–Crippen MR) is 208 cm³/mol. The zero-order valence-electron chi connectivity index (χ0n) is 27.1. The predicted octanol–water partition coefficient (Wildman–Crippen LogP) is 13.1. The summed E-state index contributed by atoms with van der Waals surface area (Å²) in [5.74, 6) is 0. The van der Waals surface area contributed by atoms with Gasteiger partial charge in [-0.05, 0) is 100 Å². The molecule has 10 aromatic rings. The molecule has 2 aliphatic carbocycles. The summed E-state index contributed by atoms with van der Waals surface area (Å²) in [5, 5.41) is 9.88. The molecule has 0 amide bonds. The van der Waals surface area contributed by atoms with Crippen LogP contribution in [0.5, 0.6) is 0 Å². The highest BCUT2D eigenvalue weighted by molar-refractivity contribution is 6.29. The second-order valence-electron chi connectivity index (χ2n) is 13.9. The van der Waals surface area contributed by atoms with E-state index in [1.54, 1.807) is 0 Å². The standard InChI is InChI=1S/C49H28O/c1-2-13-30-29(12-1)24-27-44-47(30)48-37-18-4-3-14-31(37)39(28-45(48)50-44)32-25-26-38-35-17-7-10-22-42(35)49(43-23-11-19-36(32)46(38)43)40-20-8-5-15-33(40)34-16-6-9-21-41(34)49/h1-28H. The van der Waals surface area contributed by atoms with Gasteiger partial charge in [-0.3, -0.25) is 0 Å². The maximum Gasteiger partial charge on any atom is 0.136 e. The van der Waals surface area contributed by atoms with Crippen LogP contribution >= 0.6 is 0 Å². The Bertz CT molecular complexity index is 3060. The van der Waals surface area contributed by atoms with Gasteiger partial charge in [0.1, 0.15) is 11.2 Å². The van der Waals surface area contributed by atoms with Gasteiger partial charge in [0.2, 0.25) is 0 Å². The molecule has 0 bridgehead atoms. The summed E-state index contributed by atoms with van der Waals surface area (Å²) < 4.78 is 6.72. The molecule has 50 heavy (non-hydrogen) atoms. The van der Waals surface area contributed by atoms with E-state index in [2.05, 4.69) is 170 Å². The first-order valence-corrected chi connectivity index (χ1v) is 17.4. The van der Waals surface area contributed by atoms with Crippen LogP contribution in [0, 0.1) is 0 Å². The van der Waals surface area contributed by atoms with Crippen molar-refractivity contribution in [1.29, 1.82) is 0 Å². The molecule has 9 aromatic carbocycles. The summed E-state index contributed by atoms with van der Waals surface area (Å²) in [6.07, 6.45) is 0. The highest BCUT2D eigenvalue weighted by Crippen LogP contribution is 2.62. The quantitative estimate of drug-likeness (QED) is 0.175. The van der Waals surface area contributed by atoms with Crippen LogP contribution in [0.2, 0.25) is 0 Å². The van der Waals surface area contributed by atoms with Crippen molar-refractivity contribution in [3.8, 4) is 33.4 Å². The minimum Gasteiger partial charge on any atom is -0.456 e. The Morgan fingerprint density at radius 3 is 1.58 bits per heavy atom. The molecule has 1 heteroatoms. The zero-order chi connectivity index (χ0) is 32.6. The van der Waals surface area contributed by atoms with Crippen molar-refractivity contribution < 1.29 is 4.42 Å². The smallest absolute Gasteiger partial charge is 0.136 e. The molecule has 0 radical (unpaired) electrons. The van der Waals surface area contributed by atoms with Gasteiger partial charge in [-0.15, -0.1) is 0 Å². The Morgan fingerprint density at radius 2 is 0.840 bits per heavy atom. The molecule has 1 aromatic heterocycles. The van der Waals surface area contributed by atoms with Gasteiger partial charge in [0.05, 0.1) is 5.41 Å². The Labute approximate surface area is 288 Å². The second kappa shape index (κ2) is 9.37. The molecule has 0 aliphatic heterocycles. The van der Waals surface area contributed by atoms with Gasteiger partial charge >= 0.3 is 0 Å². The molecule has 0 unspecified atom stereocenters. The Kier molecular flexibility index (Phi) is 4.97. The van der Waals surface area contributed by atoms with Crippen LogP contribution in [-0.2, 0) is 5.41 Å². The van der Waals surface area contributed by atoms with E-state index in [0.717, 1.165) is 11.2 Å². The molecule has 1 heterocycles. The van der Waals surface area contributed by atoms with Crippen molar-refractivity contribution in [2.45, 2.75) is 5.41 Å². The van der Waals surface area contributed by atoms with E-state index in [-0.39, 0.29) is 0 Å². The average Bonchev–Trinajstić information content (AvgIpc) is 3.71. The van der Waals surface area contributed by atoms with Crippen LogP contribution in [0.25, 0.3) is 87.6 Å². The molecule has 0 N–H and O–H groups in total. The lowest BCUT2D eigenvalue weighted by Gasteiger charge is -2.40. The van der Waals surface area contributed by atoms with Crippen LogP contribution in [0.1, 0.15) is 22.3 Å². The Morgan fingerprint density at radius 1 is 0.300 bits per heavy atom. The maximum atomic E-state index is 6.72. The summed E-state index contributed by atoms with van der Waals surface area (Å²) in [7, 11) is 0. The van der Waals surface area contributed by atoms with E-state index < -0.39 is 5.41 Å². The first-order chi connectivity index (χ1) is 24.8. The molecule has 1 spiro atoms. The van der Waals surface area contributed by atoms with Gasteiger partial charge in [-0.1, -0.05) is 158 Å². The number of rotatable bonds is 1. The molecule has 0 saturated carbocycles. The number of hydrogen-bond donors (Lipinski definition) is 0. The van der Waals surface area contributed by atoms with Crippen molar-refractivity contribution in [3.63, 3.8) is 0 Å². The van der Waals surface area contributed by atoms with Gasteiger partial charge in [-0.25, -0.2) is 0 Å². The third-order valence-corrected chi connectivity index (χ3v) is 11.7. The largest absolute Gasteiger partial charge is 0.456 e. The fourth-order valence-electron chi connectivity index (χ4n) is 9.81. The third kappa shape index (κ3) is 3.10. The van der Waals surface area contributed by atoms with E-state index in [4.69, 9.17) is 4.42 Å². The number of fused-ring (bicyclic) bond motifs is 16. The third-order valence-electron chi connectivity index (χ3n) is 11.7. The van der Waals surface area contributed by atoms with Crippen molar-refractivity contribution in [1.82, 2.24) is 0 Å². The minimum absolute atomic E-state index is 0.416. The molecule has 0 atom stereocenters. The number of hydrogen-bond acceptors (Lipinski definition) is 1. The molecule has 0 saturated heterocycles. The van der Waals surface area contributed by atoms with Gasteiger partial charge < -0.3 is 4.42 Å². The van der Waals surface area contributed by atoms with E-state index in [9.17, 15) is 0 Å². The van der Waals surface area contributed by atoms with Crippen LogP contribution in [0.15, 0.2) is 174 Å². The van der Waals surface area contributed by atoms with E-state index in [0.29, 0.717) is 0 Å². The lowest BCUT2D eigenvalue weighted by atomic mass is 9.61. The minimum atomic E-state index is -0.416. The van der Waals surface area contributed by atoms with Crippen molar-refractivity contribution in [3.05, 3.63) is 192 Å². The zero-order valence-corrected chi connectivity index (χ0v) is 27.1. The summed E-state index contributed by atoms with van der Waals surface area (Å²) >= 11 is 0. The molecule has 230 valence electrons. The van der Waals surface area contributed by atoms with Crippen LogP contribution in [-0.4, -0.2) is 0 Å². The Hall–Kier alpha value is -6.44. The average molecular weight is 633 g/mol. The normalized spacial score (nSPS) is 13.8. The first kappa shape index (κ1) is 26.5. The highest BCUT2D eigenvalue weighted by atomic mass is 16.3. The van der Waals surface area contributed by atoms with E-state index >= 15 is 0 Å². The van der Waals surface area contributed by atoms with Crippen molar-refractivity contribution in [2.75, 3.05) is 0 Å². The first-order valence-electron chi connectivity index (χ1n) is 17.4. The number of benzene rings is 9. The fraction of sp³-hybridized carbons (Fsp3) is 0.0204. The van der Waals surface area contributed by atoms with Crippen molar-refractivity contribution >= 4 is 54.3 Å². The van der Waals surface area contributed by atoms with Crippen LogP contribution < -0.4 is 0 Å².